The molecule has 0 unspecified atom stereocenters. The van der Waals surface area contributed by atoms with Gasteiger partial charge in [0, 0.05) is 17.6 Å². The number of hydrogen-bond acceptors (Lipinski definition) is 2. The van der Waals surface area contributed by atoms with Gasteiger partial charge in [-0.3, -0.25) is 0 Å². The Hall–Kier alpha value is -0.540. The molecule has 0 saturated heterocycles. The number of rotatable bonds is 8. The first-order chi connectivity index (χ1) is 8.74. The van der Waals surface area contributed by atoms with Crippen molar-refractivity contribution in [3.8, 4) is 5.75 Å². The van der Waals surface area contributed by atoms with Crippen LogP contribution in [0.15, 0.2) is 28.7 Å². The maximum absolute atomic E-state index is 5.69. The highest BCUT2D eigenvalue weighted by molar-refractivity contribution is 9.10. The Kier molecular flexibility index (Phi) is 5.07. The van der Waals surface area contributed by atoms with Gasteiger partial charge in [-0.1, -0.05) is 35.3 Å². The fraction of sp³-hybridized carbons (Fsp3) is 0.600. The van der Waals surface area contributed by atoms with Crippen LogP contribution in [0, 0.1) is 5.41 Å². The molecule has 1 aliphatic rings. The summed E-state index contributed by atoms with van der Waals surface area (Å²) in [6.45, 7) is 5.09. The molecular weight excluding hydrogens is 290 g/mol. The molecule has 1 aromatic rings. The lowest BCUT2D eigenvalue weighted by Crippen LogP contribution is -2.28. The van der Waals surface area contributed by atoms with Gasteiger partial charge in [0.1, 0.15) is 12.4 Å². The van der Waals surface area contributed by atoms with Gasteiger partial charge in [-0.25, -0.2) is 0 Å². The molecule has 1 saturated carbocycles. The average Bonchev–Trinajstić information content (AvgIpc) is 3.09. The van der Waals surface area contributed by atoms with Crippen molar-refractivity contribution >= 4 is 15.9 Å². The number of halogens is 1. The second-order valence-corrected chi connectivity index (χ2v) is 6.15. The molecular formula is C15H22BrNO. The molecule has 2 rings (SSSR count). The Bertz CT molecular complexity index is 377. The summed E-state index contributed by atoms with van der Waals surface area (Å²) < 4.78 is 6.75. The zero-order valence-corrected chi connectivity index (χ0v) is 12.6. The van der Waals surface area contributed by atoms with E-state index in [1.54, 1.807) is 0 Å². The molecule has 2 nitrogen and oxygen atoms in total. The molecule has 1 aromatic carbocycles. The maximum atomic E-state index is 5.69. The molecule has 18 heavy (non-hydrogen) atoms. The van der Waals surface area contributed by atoms with Crippen LogP contribution < -0.4 is 10.1 Å². The van der Waals surface area contributed by atoms with Crippen LogP contribution in [-0.4, -0.2) is 19.7 Å². The first kappa shape index (κ1) is 13.9. The highest BCUT2D eigenvalue weighted by atomic mass is 79.9. The monoisotopic (exact) mass is 311 g/mol. The predicted molar refractivity (Wildman–Crippen MR) is 79.1 cm³/mol. The summed E-state index contributed by atoms with van der Waals surface area (Å²) >= 11 is 3.44. The third-order valence-electron chi connectivity index (χ3n) is 3.58. The maximum Gasteiger partial charge on any atom is 0.120 e. The Balaban J connectivity index is 1.59. The molecule has 1 aliphatic carbocycles. The van der Waals surface area contributed by atoms with Crippen molar-refractivity contribution in [2.75, 3.05) is 19.7 Å². The van der Waals surface area contributed by atoms with Gasteiger partial charge in [-0.05, 0) is 42.9 Å². The van der Waals surface area contributed by atoms with E-state index in [0.29, 0.717) is 5.41 Å². The Morgan fingerprint density at radius 3 is 2.89 bits per heavy atom. The van der Waals surface area contributed by atoms with E-state index >= 15 is 0 Å². The van der Waals surface area contributed by atoms with Crippen molar-refractivity contribution in [2.24, 2.45) is 5.41 Å². The van der Waals surface area contributed by atoms with Gasteiger partial charge in [0.15, 0.2) is 0 Å². The lowest BCUT2D eigenvalue weighted by atomic mass is 10.0. The molecule has 0 aliphatic heterocycles. The molecule has 0 radical (unpaired) electrons. The normalized spacial score (nSPS) is 16.6. The summed E-state index contributed by atoms with van der Waals surface area (Å²) in [6, 6.07) is 7.99. The SMILES string of the molecule is CCCC1(CNCCOc2cccc(Br)c2)CC1. The van der Waals surface area contributed by atoms with Crippen LogP contribution in [0.5, 0.6) is 5.75 Å². The van der Waals surface area contributed by atoms with Gasteiger partial charge in [0.25, 0.3) is 0 Å². The molecule has 3 heteroatoms. The van der Waals surface area contributed by atoms with Gasteiger partial charge in [0.05, 0.1) is 0 Å². The number of benzene rings is 1. The molecule has 0 atom stereocenters. The topological polar surface area (TPSA) is 21.3 Å². The summed E-state index contributed by atoms with van der Waals surface area (Å²) in [6.07, 6.45) is 5.48. The molecule has 0 heterocycles. The average molecular weight is 312 g/mol. The number of ether oxygens (including phenoxy) is 1. The molecule has 0 bridgehead atoms. The standard InChI is InChI=1S/C15H22BrNO/c1-2-6-15(7-8-15)12-17-9-10-18-14-5-3-4-13(16)11-14/h3-5,11,17H,2,6-10,12H2,1H3. The van der Waals surface area contributed by atoms with Crippen LogP contribution in [-0.2, 0) is 0 Å². The lowest BCUT2D eigenvalue weighted by molar-refractivity contribution is 0.304. The Labute approximate surface area is 118 Å². The summed E-state index contributed by atoms with van der Waals surface area (Å²) in [5.74, 6) is 0.931. The molecule has 1 N–H and O–H groups in total. The fourth-order valence-corrected chi connectivity index (χ4v) is 2.75. The van der Waals surface area contributed by atoms with Crippen molar-refractivity contribution < 1.29 is 4.74 Å². The van der Waals surface area contributed by atoms with E-state index in [-0.39, 0.29) is 0 Å². The van der Waals surface area contributed by atoms with Crippen molar-refractivity contribution in [1.29, 1.82) is 0 Å². The zero-order valence-electron chi connectivity index (χ0n) is 11.0. The molecule has 0 amide bonds. The van der Waals surface area contributed by atoms with Crippen LogP contribution in [0.1, 0.15) is 32.6 Å². The van der Waals surface area contributed by atoms with Crippen LogP contribution in [0.4, 0.5) is 0 Å². The second-order valence-electron chi connectivity index (χ2n) is 5.23. The Morgan fingerprint density at radius 2 is 2.22 bits per heavy atom. The van der Waals surface area contributed by atoms with E-state index in [4.69, 9.17) is 4.74 Å². The van der Waals surface area contributed by atoms with Crippen molar-refractivity contribution in [3.63, 3.8) is 0 Å². The van der Waals surface area contributed by atoms with Crippen molar-refractivity contribution in [1.82, 2.24) is 5.32 Å². The van der Waals surface area contributed by atoms with Crippen LogP contribution in [0.3, 0.4) is 0 Å². The van der Waals surface area contributed by atoms with E-state index in [9.17, 15) is 0 Å². The van der Waals surface area contributed by atoms with E-state index in [0.717, 1.165) is 29.9 Å². The van der Waals surface area contributed by atoms with Crippen molar-refractivity contribution in [3.05, 3.63) is 28.7 Å². The van der Waals surface area contributed by atoms with E-state index in [1.807, 2.05) is 24.3 Å². The highest BCUT2D eigenvalue weighted by Crippen LogP contribution is 2.48. The summed E-state index contributed by atoms with van der Waals surface area (Å²) in [7, 11) is 0. The summed E-state index contributed by atoms with van der Waals surface area (Å²) in [5, 5.41) is 3.52. The third-order valence-corrected chi connectivity index (χ3v) is 4.07. The van der Waals surface area contributed by atoms with Gasteiger partial charge in [0.2, 0.25) is 0 Å². The van der Waals surface area contributed by atoms with Crippen LogP contribution in [0.25, 0.3) is 0 Å². The largest absolute Gasteiger partial charge is 0.492 e. The minimum Gasteiger partial charge on any atom is -0.492 e. The quantitative estimate of drug-likeness (QED) is 0.733. The van der Waals surface area contributed by atoms with Gasteiger partial charge in [-0.2, -0.15) is 0 Å². The van der Waals surface area contributed by atoms with E-state index < -0.39 is 0 Å². The highest BCUT2D eigenvalue weighted by Gasteiger charge is 2.40. The summed E-state index contributed by atoms with van der Waals surface area (Å²) in [5.41, 5.74) is 0.629. The van der Waals surface area contributed by atoms with Gasteiger partial charge < -0.3 is 10.1 Å². The van der Waals surface area contributed by atoms with Crippen LogP contribution >= 0.6 is 15.9 Å². The number of hydrogen-bond donors (Lipinski definition) is 1. The zero-order chi connectivity index (χ0) is 12.8. The first-order valence-corrected chi connectivity index (χ1v) is 7.62. The Morgan fingerprint density at radius 1 is 1.39 bits per heavy atom. The van der Waals surface area contributed by atoms with Crippen molar-refractivity contribution in [2.45, 2.75) is 32.6 Å². The first-order valence-electron chi connectivity index (χ1n) is 6.83. The van der Waals surface area contributed by atoms with Gasteiger partial charge >= 0.3 is 0 Å². The second kappa shape index (κ2) is 6.58. The molecule has 100 valence electrons. The molecule has 0 aromatic heterocycles. The fourth-order valence-electron chi connectivity index (χ4n) is 2.37. The molecule has 1 fully saturated rings. The lowest BCUT2D eigenvalue weighted by Gasteiger charge is -2.15. The number of nitrogens with one attached hydrogen (secondary N) is 1. The van der Waals surface area contributed by atoms with E-state index in [1.165, 1.54) is 25.7 Å². The summed E-state index contributed by atoms with van der Waals surface area (Å²) in [4.78, 5) is 0. The van der Waals surface area contributed by atoms with Crippen LogP contribution in [0.2, 0.25) is 0 Å². The minimum absolute atomic E-state index is 0.629. The minimum atomic E-state index is 0.629. The smallest absolute Gasteiger partial charge is 0.120 e. The van der Waals surface area contributed by atoms with Gasteiger partial charge in [-0.15, -0.1) is 0 Å². The third kappa shape index (κ3) is 4.29. The molecule has 0 spiro atoms. The predicted octanol–water partition coefficient (Wildman–Crippen LogP) is 4.00. The van der Waals surface area contributed by atoms with E-state index in [2.05, 4.69) is 28.2 Å².